The van der Waals surface area contributed by atoms with Gasteiger partial charge in [-0.15, -0.1) is 0 Å². The third-order valence-corrected chi connectivity index (χ3v) is 3.19. The van der Waals surface area contributed by atoms with Crippen LogP contribution in [0.5, 0.6) is 11.5 Å². The third kappa shape index (κ3) is 2.97. The highest BCUT2D eigenvalue weighted by Gasteiger charge is 2.19. The fourth-order valence-electron chi connectivity index (χ4n) is 1.82. The summed E-state index contributed by atoms with van der Waals surface area (Å²) in [6.07, 6.45) is 0. The molecule has 0 N–H and O–H groups in total. The van der Waals surface area contributed by atoms with Gasteiger partial charge in [0.2, 0.25) is 0 Å². The van der Waals surface area contributed by atoms with Crippen molar-refractivity contribution < 1.29 is 23.0 Å². The van der Waals surface area contributed by atoms with Crippen molar-refractivity contribution in [2.24, 2.45) is 0 Å². The predicted octanol–water partition coefficient (Wildman–Crippen LogP) is 3.87. The lowest BCUT2D eigenvalue weighted by Gasteiger charge is -2.10. The topological polar surface area (TPSA) is 35.5 Å². The Labute approximate surface area is 125 Å². The van der Waals surface area contributed by atoms with Crippen molar-refractivity contribution in [2.75, 3.05) is 14.2 Å². The molecule has 3 nitrogen and oxygen atoms in total. The van der Waals surface area contributed by atoms with Gasteiger partial charge in [0, 0.05) is 11.6 Å². The summed E-state index contributed by atoms with van der Waals surface area (Å²) < 4.78 is 37.1. The van der Waals surface area contributed by atoms with Gasteiger partial charge in [-0.3, -0.25) is 4.79 Å². The van der Waals surface area contributed by atoms with E-state index in [1.54, 1.807) is 0 Å². The van der Waals surface area contributed by atoms with Crippen molar-refractivity contribution in [1.29, 1.82) is 0 Å². The number of halogens is 3. The van der Waals surface area contributed by atoms with Gasteiger partial charge in [0.15, 0.2) is 17.3 Å². The molecule has 0 aliphatic carbocycles. The molecule has 0 amide bonds. The van der Waals surface area contributed by atoms with Crippen LogP contribution in [0, 0.1) is 11.6 Å². The third-order valence-electron chi connectivity index (χ3n) is 2.90. The van der Waals surface area contributed by atoms with Crippen LogP contribution in [-0.2, 0) is 0 Å². The summed E-state index contributed by atoms with van der Waals surface area (Å²) in [6.45, 7) is 0. The molecule has 21 heavy (non-hydrogen) atoms. The van der Waals surface area contributed by atoms with Gasteiger partial charge in [-0.2, -0.15) is 0 Å². The number of rotatable bonds is 4. The van der Waals surface area contributed by atoms with Crippen molar-refractivity contribution in [1.82, 2.24) is 0 Å². The van der Waals surface area contributed by atoms with Crippen molar-refractivity contribution in [3.8, 4) is 11.5 Å². The molecule has 0 spiro atoms. The lowest BCUT2D eigenvalue weighted by atomic mass is 10.0. The van der Waals surface area contributed by atoms with E-state index in [4.69, 9.17) is 21.1 Å². The fraction of sp³-hybridized carbons (Fsp3) is 0.133. The molecule has 2 aromatic rings. The summed E-state index contributed by atoms with van der Waals surface area (Å²) in [7, 11) is 2.73. The second-order valence-corrected chi connectivity index (χ2v) is 4.55. The quantitative estimate of drug-likeness (QED) is 0.804. The number of hydrogen-bond donors (Lipinski definition) is 0. The van der Waals surface area contributed by atoms with Crippen LogP contribution in [0.25, 0.3) is 0 Å². The first-order valence-corrected chi connectivity index (χ1v) is 6.27. The smallest absolute Gasteiger partial charge is 0.196 e. The summed E-state index contributed by atoms with van der Waals surface area (Å²) in [5.41, 5.74) is -0.136. The first kappa shape index (κ1) is 15.3. The summed E-state index contributed by atoms with van der Waals surface area (Å²) in [5, 5.41) is -0.207. The second-order valence-electron chi connectivity index (χ2n) is 4.15. The highest BCUT2D eigenvalue weighted by molar-refractivity contribution is 6.31. The standard InChI is InChI=1S/C15H11ClF2O3/c1-20-13-6-9(12(18)7-14(13)21-2)15(19)8-3-4-11(17)10(16)5-8/h3-7H,1-2H3. The zero-order valence-corrected chi connectivity index (χ0v) is 12.0. The molecule has 0 unspecified atom stereocenters. The summed E-state index contributed by atoms with van der Waals surface area (Å²) >= 11 is 5.63. The fourth-order valence-corrected chi connectivity index (χ4v) is 2.00. The van der Waals surface area contributed by atoms with E-state index in [-0.39, 0.29) is 27.6 Å². The van der Waals surface area contributed by atoms with Crippen LogP contribution < -0.4 is 9.47 Å². The molecule has 0 fully saturated rings. The number of benzene rings is 2. The van der Waals surface area contributed by atoms with Crippen LogP contribution in [0.1, 0.15) is 15.9 Å². The molecular weight excluding hydrogens is 302 g/mol. The maximum absolute atomic E-state index is 14.0. The first-order valence-electron chi connectivity index (χ1n) is 5.89. The van der Waals surface area contributed by atoms with Gasteiger partial charge in [0.1, 0.15) is 11.6 Å². The molecule has 2 aromatic carbocycles. The zero-order valence-electron chi connectivity index (χ0n) is 11.2. The van der Waals surface area contributed by atoms with Crippen molar-refractivity contribution in [3.05, 3.63) is 58.1 Å². The Kier molecular flexibility index (Phi) is 4.43. The van der Waals surface area contributed by atoms with Gasteiger partial charge in [0.05, 0.1) is 24.8 Å². The Bertz CT molecular complexity index is 702. The van der Waals surface area contributed by atoms with Gasteiger partial charge in [-0.1, -0.05) is 11.6 Å². The predicted molar refractivity (Wildman–Crippen MR) is 74.3 cm³/mol. The molecule has 110 valence electrons. The molecule has 0 aliphatic heterocycles. The number of methoxy groups -OCH3 is 2. The monoisotopic (exact) mass is 312 g/mol. The molecule has 0 aromatic heterocycles. The Hall–Kier alpha value is -2.14. The second kappa shape index (κ2) is 6.10. The van der Waals surface area contributed by atoms with Crippen LogP contribution in [0.15, 0.2) is 30.3 Å². The van der Waals surface area contributed by atoms with Gasteiger partial charge in [0.25, 0.3) is 0 Å². The van der Waals surface area contributed by atoms with Crippen molar-refractivity contribution in [2.45, 2.75) is 0 Å². The maximum Gasteiger partial charge on any atom is 0.196 e. The Morgan fingerprint density at radius 3 is 2.19 bits per heavy atom. The van der Waals surface area contributed by atoms with E-state index in [0.29, 0.717) is 0 Å². The minimum atomic E-state index is -0.766. The number of ketones is 1. The van der Waals surface area contributed by atoms with E-state index in [2.05, 4.69) is 0 Å². The number of carbonyl (C=O) groups excluding carboxylic acids is 1. The molecule has 0 aliphatic rings. The lowest BCUT2D eigenvalue weighted by molar-refractivity contribution is 0.103. The van der Waals surface area contributed by atoms with E-state index in [1.807, 2.05) is 0 Å². The molecule has 0 bridgehead atoms. The van der Waals surface area contributed by atoms with E-state index in [0.717, 1.165) is 18.2 Å². The van der Waals surface area contributed by atoms with Gasteiger partial charge < -0.3 is 9.47 Å². The minimum Gasteiger partial charge on any atom is -0.493 e. The normalized spacial score (nSPS) is 10.3. The van der Waals surface area contributed by atoms with Crippen molar-refractivity contribution >= 4 is 17.4 Å². The molecule has 2 rings (SSSR count). The summed E-state index contributed by atoms with van der Waals surface area (Å²) in [4.78, 5) is 12.3. The van der Waals surface area contributed by atoms with Crippen molar-refractivity contribution in [3.63, 3.8) is 0 Å². The van der Waals surface area contributed by atoms with Crippen LogP contribution in [0.4, 0.5) is 8.78 Å². The molecule has 0 saturated heterocycles. The van der Waals surface area contributed by atoms with Gasteiger partial charge in [-0.25, -0.2) is 8.78 Å². The van der Waals surface area contributed by atoms with Crippen LogP contribution in [-0.4, -0.2) is 20.0 Å². The highest BCUT2D eigenvalue weighted by atomic mass is 35.5. The van der Waals surface area contributed by atoms with Gasteiger partial charge in [-0.05, 0) is 24.3 Å². The Morgan fingerprint density at radius 1 is 1.00 bits per heavy atom. The molecular formula is C15H11ClF2O3. The largest absolute Gasteiger partial charge is 0.493 e. The molecule has 0 radical (unpaired) electrons. The lowest BCUT2D eigenvalue weighted by Crippen LogP contribution is -2.06. The van der Waals surface area contributed by atoms with E-state index in [9.17, 15) is 13.6 Å². The SMILES string of the molecule is COc1cc(F)c(C(=O)c2ccc(F)c(Cl)c2)cc1OC. The van der Waals surface area contributed by atoms with E-state index >= 15 is 0 Å². The number of carbonyl (C=O) groups is 1. The number of ether oxygens (including phenoxy) is 2. The van der Waals surface area contributed by atoms with Crippen LogP contribution in [0.2, 0.25) is 5.02 Å². The van der Waals surface area contributed by atoms with E-state index in [1.165, 1.54) is 26.4 Å². The first-order chi connectivity index (χ1) is 9.97. The summed E-state index contributed by atoms with van der Waals surface area (Å²) in [6, 6.07) is 5.72. The van der Waals surface area contributed by atoms with Crippen LogP contribution >= 0.6 is 11.6 Å². The summed E-state index contributed by atoms with van der Waals surface area (Å²) in [5.74, 6) is -1.66. The van der Waals surface area contributed by atoms with E-state index < -0.39 is 17.4 Å². The Morgan fingerprint density at radius 2 is 1.62 bits per heavy atom. The van der Waals surface area contributed by atoms with Gasteiger partial charge >= 0.3 is 0 Å². The highest BCUT2D eigenvalue weighted by Crippen LogP contribution is 2.31. The molecule has 0 saturated carbocycles. The Balaban J connectivity index is 2.50. The molecule has 0 atom stereocenters. The molecule has 6 heteroatoms. The zero-order chi connectivity index (χ0) is 15.6. The maximum atomic E-state index is 14.0. The average molecular weight is 313 g/mol. The number of hydrogen-bond acceptors (Lipinski definition) is 3. The molecule has 0 heterocycles. The van der Waals surface area contributed by atoms with Crippen LogP contribution in [0.3, 0.4) is 0 Å². The minimum absolute atomic E-state index is 0.0764. The average Bonchev–Trinajstić information content (AvgIpc) is 2.49.